The lowest BCUT2D eigenvalue weighted by molar-refractivity contribution is -0.147. The van der Waals surface area contributed by atoms with Crippen molar-refractivity contribution in [2.24, 2.45) is 5.92 Å². The number of piperidine rings is 1. The summed E-state index contributed by atoms with van der Waals surface area (Å²) >= 11 is 0. The van der Waals surface area contributed by atoms with Crippen molar-refractivity contribution in [1.82, 2.24) is 19.0 Å². The van der Waals surface area contributed by atoms with E-state index in [-0.39, 0.29) is 69.2 Å². The van der Waals surface area contributed by atoms with E-state index in [2.05, 4.69) is 4.98 Å². The number of halogens is 2. The molecule has 2 aromatic heterocycles. The summed E-state index contributed by atoms with van der Waals surface area (Å²) in [5.41, 5.74) is 4.03. The Hall–Kier alpha value is -3.73. The summed E-state index contributed by atoms with van der Waals surface area (Å²) in [6, 6.07) is 11.7. The molecule has 3 aromatic rings. The number of carbonyl (C=O) groups excluding carboxylic acids is 1. The second-order valence-corrected chi connectivity index (χ2v) is 10.3. The minimum Gasteiger partial charge on any atom is -0.437 e. The number of benzene rings is 1. The minimum atomic E-state index is -2.81. The molecule has 9 nitrogen and oxygen atoms in total. The van der Waals surface area contributed by atoms with Crippen LogP contribution in [-0.4, -0.2) is 54.6 Å². The molecule has 0 bridgehead atoms. The number of para-hydroxylation sites is 1. The largest absolute Gasteiger partial charge is 0.437 e. The number of alkyl halides is 2. The maximum absolute atomic E-state index is 14.2. The van der Waals surface area contributed by atoms with Crippen molar-refractivity contribution in [3.63, 3.8) is 0 Å². The topological polar surface area (TPSA) is 116 Å². The third-order valence-corrected chi connectivity index (χ3v) is 7.59. The lowest BCUT2D eigenvalue weighted by Crippen LogP contribution is -2.52. The molecular formula is C27H31F2N5O4. The standard InChI is InChI=1S/C27H31F2N5O4/c28-27(29)9-8-20(21(16-27)32-12-4-5-13-32)24(35)33-14-10-26(37,11-15-33)17-34-18-31-23(22(30)25(34)36)38-19-6-2-1-3-7-19/h1-7,12-13,18,20-21,37H,8-11,14-17,30H2/t20-,21-/m1/s1. The molecule has 1 aliphatic heterocycles. The van der Waals surface area contributed by atoms with Crippen LogP contribution in [0.3, 0.4) is 0 Å². The van der Waals surface area contributed by atoms with Crippen LogP contribution in [0.1, 0.15) is 38.1 Å². The SMILES string of the molecule is Nc1c(Oc2ccccc2)ncn(CC2(O)CCN(C(=O)[C@@H]3CCC(F)(F)C[C@H]3n3cccc3)CC2)c1=O. The van der Waals surface area contributed by atoms with Gasteiger partial charge in [0.15, 0.2) is 5.69 Å². The highest BCUT2D eigenvalue weighted by molar-refractivity contribution is 5.79. The van der Waals surface area contributed by atoms with Gasteiger partial charge in [-0.3, -0.25) is 14.2 Å². The number of nitrogens with two attached hydrogens (primary N) is 1. The van der Waals surface area contributed by atoms with Gasteiger partial charge >= 0.3 is 0 Å². The van der Waals surface area contributed by atoms with Crippen LogP contribution >= 0.6 is 0 Å². The number of hydrogen-bond acceptors (Lipinski definition) is 6. The Balaban J connectivity index is 1.24. The third kappa shape index (κ3) is 5.42. The molecule has 202 valence electrons. The zero-order valence-electron chi connectivity index (χ0n) is 20.9. The van der Waals surface area contributed by atoms with E-state index in [0.717, 1.165) is 0 Å². The first kappa shape index (κ1) is 25.9. The van der Waals surface area contributed by atoms with Crippen molar-refractivity contribution < 1.29 is 23.4 Å². The summed E-state index contributed by atoms with van der Waals surface area (Å²) < 4.78 is 37.0. The molecule has 2 aliphatic rings. The Bertz CT molecular complexity index is 1320. The predicted molar refractivity (Wildman–Crippen MR) is 136 cm³/mol. The number of amides is 1. The van der Waals surface area contributed by atoms with Gasteiger partial charge in [-0.05, 0) is 43.5 Å². The Morgan fingerprint density at radius 1 is 1.11 bits per heavy atom. The van der Waals surface area contributed by atoms with Gasteiger partial charge in [-0.1, -0.05) is 18.2 Å². The van der Waals surface area contributed by atoms with Gasteiger partial charge in [0.1, 0.15) is 12.1 Å². The highest BCUT2D eigenvalue weighted by atomic mass is 19.3. The van der Waals surface area contributed by atoms with E-state index in [9.17, 15) is 23.5 Å². The normalized spacial score (nSPS) is 22.7. The molecule has 2 atom stereocenters. The van der Waals surface area contributed by atoms with Crippen molar-refractivity contribution in [1.29, 1.82) is 0 Å². The van der Waals surface area contributed by atoms with Crippen LogP contribution in [0, 0.1) is 5.92 Å². The number of nitrogens with zero attached hydrogens (tertiary/aromatic N) is 4. The molecule has 11 heteroatoms. The van der Waals surface area contributed by atoms with E-state index >= 15 is 0 Å². The average Bonchev–Trinajstić information content (AvgIpc) is 3.44. The Morgan fingerprint density at radius 3 is 2.47 bits per heavy atom. The first-order valence-corrected chi connectivity index (χ1v) is 12.7. The molecule has 0 radical (unpaired) electrons. The number of anilines is 1. The number of ether oxygens (including phenoxy) is 1. The maximum Gasteiger partial charge on any atom is 0.280 e. The third-order valence-electron chi connectivity index (χ3n) is 7.59. The fourth-order valence-electron chi connectivity index (χ4n) is 5.42. The summed E-state index contributed by atoms with van der Waals surface area (Å²) in [5, 5.41) is 11.2. The molecule has 3 N–H and O–H groups in total. The zero-order chi connectivity index (χ0) is 26.9. The van der Waals surface area contributed by atoms with E-state index < -0.39 is 29.0 Å². The van der Waals surface area contributed by atoms with Crippen LogP contribution in [-0.2, 0) is 11.3 Å². The first-order valence-electron chi connectivity index (χ1n) is 12.7. The molecule has 38 heavy (non-hydrogen) atoms. The van der Waals surface area contributed by atoms with Gasteiger partial charge in [0, 0.05) is 38.3 Å². The van der Waals surface area contributed by atoms with Gasteiger partial charge in [0.25, 0.3) is 5.56 Å². The maximum atomic E-state index is 14.2. The monoisotopic (exact) mass is 527 g/mol. The summed E-state index contributed by atoms with van der Waals surface area (Å²) in [5.74, 6) is -3.07. The van der Waals surface area contributed by atoms with Crippen LogP contribution in [0.4, 0.5) is 14.5 Å². The molecule has 1 saturated heterocycles. The zero-order valence-corrected chi connectivity index (χ0v) is 20.9. The quantitative estimate of drug-likeness (QED) is 0.508. The number of nitrogen functional groups attached to an aromatic ring is 1. The molecule has 0 spiro atoms. The van der Waals surface area contributed by atoms with Gasteiger partial charge < -0.3 is 25.0 Å². The second kappa shape index (κ2) is 10.2. The molecule has 1 amide bonds. The number of aliphatic hydroxyl groups is 1. The van der Waals surface area contributed by atoms with E-state index in [0.29, 0.717) is 5.75 Å². The van der Waals surface area contributed by atoms with Crippen LogP contribution in [0.2, 0.25) is 0 Å². The van der Waals surface area contributed by atoms with Crippen LogP contribution in [0.15, 0.2) is 66.0 Å². The molecule has 5 rings (SSSR count). The number of hydrogen-bond donors (Lipinski definition) is 2. The lowest BCUT2D eigenvalue weighted by Gasteiger charge is -2.42. The van der Waals surface area contributed by atoms with Crippen LogP contribution < -0.4 is 16.0 Å². The summed E-state index contributed by atoms with van der Waals surface area (Å²) in [6.45, 7) is 0.472. The predicted octanol–water partition coefficient (Wildman–Crippen LogP) is 3.45. The molecule has 0 unspecified atom stereocenters. The molecule has 1 aliphatic carbocycles. The molecular weight excluding hydrogens is 496 g/mol. The Labute approximate surface area is 218 Å². The van der Waals surface area contributed by atoms with Crippen LogP contribution in [0.5, 0.6) is 11.6 Å². The summed E-state index contributed by atoms with van der Waals surface area (Å²) in [7, 11) is 0. The van der Waals surface area contributed by atoms with Gasteiger partial charge in [-0.25, -0.2) is 13.8 Å². The first-order chi connectivity index (χ1) is 18.1. The second-order valence-electron chi connectivity index (χ2n) is 10.3. The molecule has 2 fully saturated rings. The van der Waals surface area contributed by atoms with Crippen molar-refractivity contribution >= 4 is 11.6 Å². The lowest BCUT2D eigenvalue weighted by atomic mass is 9.80. The number of carbonyl (C=O) groups is 1. The van der Waals surface area contributed by atoms with E-state index in [1.807, 2.05) is 6.07 Å². The fraction of sp³-hybridized carbons (Fsp3) is 0.444. The van der Waals surface area contributed by atoms with Crippen molar-refractivity contribution in [3.05, 3.63) is 71.5 Å². The van der Waals surface area contributed by atoms with E-state index in [1.54, 1.807) is 58.3 Å². The van der Waals surface area contributed by atoms with Crippen LogP contribution in [0.25, 0.3) is 0 Å². The van der Waals surface area contributed by atoms with E-state index in [4.69, 9.17) is 10.5 Å². The van der Waals surface area contributed by atoms with Gasteiger partial charge in [0.2, 0.25) is 17.7 Å². The number of aromatic nitrogens is 3. The molecule has 1 aromatic carbocycles. The van der Waals surface area contributed by atoms with E-state index in [1.165, 1.54) is 10.9 Å². The molecule has 1 saturated carbocycles. The highest BCUT2D eigenvalue weighted by Gasteiger charge is 2.46. The van der Waals surface area contributed by atoms with Crippen molar-refractivity contribution in [2.45, 2.75) is 56.2 Å². The minimum absolute atomic E-state index is 0.0137. The van der Waals surface area contributed by atoms with Gasteiger partial charge in [0.05, 0.1) is 24.1 Å². The Kier molecular flexibility index (Phi) is 6.95. The fourth-order valence-corrected chi connectivity index (χ4v) is 5.42. The number of likely N-dealkylation sites (tertiary alicyclic amines) is 1. The summed E-state index contributed by atoms with van der Waals surface area (Å²) in [4.78, 5) is 32.1. The van der Waals surface area contributed by atoms with Crippen molar-refractivity contribution in [3.8, 4) is 11.6 Å². The summed E-state index contributed by atoms with van der Waals surface area (Å²) in [6.07, 6.45) is 4.58. The highest BCUT2D eigenvalue weighted by Crippen LogP contribution is 2.44. The smallest absolute Gasteiger partial charge is 0.280 e. The number of rotatable bonds is 6. The Morgan fingerprint density at radius 2 is 1.79 bits per heavy atom. The van der Waals surface area contributed by atoms with Gasteiger partial charge in [-0.15, -0.1) is 0 Å². The van der Waals surface area contributed by atoms with Crippen molar-refractivity contribution in [2.75, 3.05) is 18.8 Å². The van der Waals surface area contributed by atoms with Gasteiger partial charge in [-0.2, -0.15) is 0 Å². The average molecular weight is 528 g/mol. The molecule has 3 heterocycles.